The number of anilines is 1. The number of aryl methyl sites for hydroxylation is 1. The Labute approximate surface area is 156 Å². The number of halogens is 3. The fourth-order valence-electron chi connectivity index (χ4n) is 2.33. The Morgan fingerprint density at radius 3 is 2.88 bits per heavy atom. The van der Waals surface area contributed by atoms with Crippen molar-refractivity contribution in [1.29, 1.82) is 0 Å². The maximum Gasteiger partial charge on any atom is 0.320 e. The first-order chi connectivity index (χ1) is 12.4. The first-order valence-electron chi connectivity index (χ1n) is 7.34. The van der Waals surface area contributed by atoms with E-state index < -0.39 is 12.5 Å². The summed E-state index contributed by atoms with van der Waals surface area (Å²) >= 11 is 6.99. The minimum atomic E-state index is -2.72. The van der Waals surface area contributed by atoms with Gasteiger partial charge in [0.25, 0.3) is 5.91 Å². The smallest absolute Gasteiger partial charge is 0.320 e. The van der Waals surface area contributed by atoms with Gasteiger partial charge >= 0.3 is 6.55 Å². The molecule has 0 aliphatic heterocycles. The largest absolute Gasteiger partial charge is 0.496 e. The highest BCUT2D eigenvalue weighted by Gasteiger charge is 2.20. The van der Waals surface area contributed by atoms with Gasteiger partial charge in [0.2, 0.25) is 0 Å². The molecule has 0 unspecified atom stereocenters. The minimum absolute atomic E-state index is 0.0934. The van der Waals surface area contributed by atoms with Crippen LogP contribution in [-0.2, 0) is 0 Å². The van der Waals surface area contributed by atoms with Gasteiger partial charge in [-0.25, -0.2) is 9.97 Å². The van der Waals surface area contributed by atoms with Crippen LogP contribution in [0.2, 0.25) is 5.02 Å². The highest BCUT2D eigenvalue weighted by Crippen LogP contribution is 2.34. The van der Waals surface area contributed by atoms with Crippen LogP contribution in [0, 0.1) is 6.92 Å². The number of imidazole rings is 1. The van der Waals surface area contributed by atoms with E-state index in [0.29, 0.717) is 21.3 Å². The fourth-order valence-corrected chi connectivity index (χ4v) is 3.46. The highest BCUT2D eigenvalue weighted by atomic mass is 35.5. The van der Waals surface area contributed by atoms with E-state index in [2.05, 4.69) is 15.3 Å². The molecular formula is C16H13ClF2N4O2S. The van der Waals surface area contributed by atoms with Crippen LogP contribution in [0.4, 0.5) is 13.9 Å². The van der Waals surface area contributed by atoms with Gasteiger partial charge in [-0.3, -0.25) is 14.7 Å². The molecule has 0 atom stereocenters. The van der Waals surface area contributed by atoms with E-state index in [0.717, 1.165) is 15.9 Å². The predicted octanol–water partition coefficient (Wildman–Crippen LogP) is 4.62. The molecule has 10 heteroatoms. The third kappa shape index (κ3) is 3.54. The zero-order valence-electron chi connectivity index (χ0n) is 13.7. The van der Waals surface area contributed by atoms with Crippen LogP contribution in [0.1, 0.15) is 22.6 Å². The highest BCUT2D eigenvalue weighted by molar-refractivity contribution is 7.19. The summed E-state index contributed by atoms with van der Waals surface area (Å²) in [7, 11) is 1.44. The average Bonchev–Trinajstić information content (AvgIpc) is 3.21. The monoisotopic (exact) mass is 398 g/mol. The van der Waals surface area contributed by atoms with Gasteiger partial charge in [-0.05, 0) is 25.1 Å². The summed E-state index contributed by atoms with van der Waals surface area (Å²) in [6.45, 7) is -1.06. The molecule has 6 nitrogen and oxygen atoms in total. The first-order valence-corrected chi connectivity index (χ1v) is 8.54. The number of nitrogens with one attached hydrogen (secondary N) is 1. The second-order valence-corrected chi connectivity index (χ2v) is 6.60. The third-order valence-corrected chi connectivity index (χ3v) is 4.81. The molecule has 1 amide bonds. The van der Waals surface area contributed by atoms with E-state index in [9.17, 15) is 13.6 Å². The van der Waals surface area contributed by atoms with Crippen LogP contribution >= 0.6 is 22.9 Å². The van der Waals surface area contributed by atoms with E-state index in [1.807, 2.05) is 0 Å². The molecule has 0 radical (unpaired) electrons. The van der Waals surface area contributed by atoms with E-state index in [4.69, 9.17) is 16.3 Å². The van der Waals surface area contributed by atoms with Crippen LogP contribution in [0.3, 0.4) is 0 Å². The average molecular weight is 399 g/mol. The zero-order chi connectivity index (χ0) is 18.8. The Morgan fingerprint density at radius 2 is 2.19 bits per heavy atom. The predicted molar refractivity (Wildman–Crippen MR) is 95.3 cm³/mol. The summed E-state index contributed by atoms with van der Waals surface area (Å²) in [4.78, 5) is 21.1. The number of ether oxygens (including phenoxy) is 1. The number of alkyl halides is 2. The maximum atomic E-state index is 13.0. The van der Waals surface area contributed by atoms with Crippen molar-refractivity contribution in [1.82, 2.24) is 14.5 Å². The molecule has 0 aliphatic rings. The fraction of sp³-hybridized carbons (Fsp3) is 0.188. The van der Waals surface area contributed by atoms with Crippen LogP contribution in [0.5, 0.6) is 5.75 Å². The Morgan fingerprint density at radius 1 is 1.42 bits per heavy atom. The Balaban J connectivity index is 1.89. The molecule has 3 rings (SSSR count). The summed E-state index contributed by atoms with van der Waals surface area (Å²) in [5.74, 6) is -0.0219. The number of carbonyl (C=O) groups excluding carboxylic acids is 1. The van der Waals surface area contributed by atoms with E-state index in [-0.39, 0.29) is 16.5 Å². The topological polar surface area (TPSA) is 69.0 Å². The van der Waals surface area contributed by atoms with Gasteiger partial charge in [-0.2, -0.15) is 8.78 Å². The molecule has 1 aromatic carbocycles. The van der Waals surface area contributed by atoms with Crippen molar-refractivity contribution in [3.8, 4) is 16.5 Å². The molecule has 26 heavy (non-hydrogen) atoms. The van der Waals surface area contributed by atoms with Gasteiger partial charge in [-0.1, -0.05) is 22.9 Å². The summed E-state index contributed by atoms with van der Waals surface area (Å²) in [6, 6.07) is 4.66. The van der Waals surface area contributed by atoms with Crippen molar-refractivity contribution in [2.24, 2.45) is 0 Å². The van der Waals surface area contributed by atoms with Gasteiger partial charge in [0.1, 0.15) is 5.75 Å². The number of hydrogen-bond donors (Lipinski definition) is 1. The lowest BCUT2D eigenvalue weighted by Crippen LogP contribution is -2.13. The molecular weight excluding hydrogens is 386 g/mol. The van der Waals surface area contributed by atoms with Gasteiger partial charge in [0.05, 0.1) is 23.2 Å². The molecule has 0 aliphatic carbocycles. The minimum Gasteiger partial charge on any atom is -0.496 e. The van der Waals surface area contributed by atoms with Crippen molar-refractivity contribution in [2.45, 2.75) is 13.5 Å². The molecule has 0 bridgehead atoms. The lowest BCUT2D eigenvalue weighted by molar-refractivity contribution is 0.0720. The molecule has 3 aromatic rings. The molecule has 0 saturated carbocycles. The molecule has 0 spiro atoms. The van der Waals surface area contributed by atoms with E-state index in [1.165, 1.54) is 25.6 Å². The number of methoxy groups -OCH3 is 1. The quantitative estimate of drug-likeness (QED) is 0.680. The van der Waals surface area contributed by atoms with Crippen molar-refractivity contribution in [3.05, 3.63) is 46.9 Å². The number of aromatic nitrogens is 3. The number of carbonyl (C=O) groups is 1. The Bertz CT molecular complexity index is 958. The van der Waals surface area contributed by atoms with Crippen LogP contribution in [0.15, 0.2) is 30.6 Å². The standard InChI is InChI=1S/C16H13ClF2N4O2S/c1-8-12(13-20-5-6-23(13)15(18)19)26-16(21-8)22-14(24)10-7-9(17)3-4-11(10)25-2/h3-7,15H,1-2H3,(H,21,22,24). The van der Waals surface area contributed by atoms with Gasteiger partial charge < -0.3 is 4.74 Å². The summed E-state index contributed by atoms with van der Waals surface area (Å²) in [5.41, 5.74) is 0.722. The van der Waals surface area contributed by atoms with Gasteiger partial charge in [0.15, 0.2) is 11.0 Å². The van der Waals surface area contributed by atoms with Crippen LogP contribution < -0.4 is 10.1 Å². The van der Waals surface area contributed by atoms with Crippen molar-refractivity contribution < 1.29 is 18.3 Å². The molecule has 0 fully saturated rings. The lowest BCUT2D eigenvalue weighted by Gasteiger charge is -2.08. The number of benzene rings is 1. The Kier molecular flexibility index (Phi) is 5.19. The molecule has 0 saturated heterocycles. The number of thiazole rings is 1. The normalized spacial score (nSPS) is 11.0. The van der Waals surface area contributed by atoms with E-state index >= 15 is 0 Å². The third-order valence-electron chi connectivity index (χ3n) is 3.51. The molecule has 136 valence electrons. The Hall–Kier alpha value is -2.52. The molecule has 2 aromatic heterocycles. The first kappa shape index (κ1) is 18.3. The number of amides is 1. The summed E-state index contributed by atoms with van der Waals surface area (Å²) in [6.07, 6.45) is 2.48. The SMILES string of the molecule is COc1ccc(Cl)cc1C(=O)Nc1nc(C)c(-c2nccn2C(F)F)s1. The second-order valence-electron chi connectivity index (χ2n) is 5.17. The molecule has 2 heterocycles. The summed E-state index contributed by atoms with van der Waals surface area (Å²) < 4.78 is 32.0. The maximum absolute atomic E-state index is 13.0. The second kappa shape index (κ2) is 7.38. The van der Waals surface area contributed by atoms with Crippen LogP contribution in [0.25, 0.3) is 10.7 Å². The number of rotatable bonds is 5. The molecule has 1 N–H and O–H groups in total. The number of hydrogen-bond acceptors (Lipinski definition) is 5. The lowest BCUT2D eigenvalue weighted by atomic mass is 10.2. The zero-order valence-corrected chi connectivity index (χ0v) is 15.2. The van der Waals surface area contributed by atoms with Crippen molar-refractivity contribution in [3.63, 3.8) is 0 Å². The van der Waals surface area contributed by atoms with Gasteiger partial charge in [-0.15, -0.1) is 0 Å². The summed E-state index contributed by atoms with van der Waals surface area (Å²) in [5, 5.41) is 3.28. The van der Waals surface area contributed by atoms with E-state index in [1.54, 1.807) is 19.1 Å². The van der Waals surface area contributed by atoms with Crippen molar-refractivity contribution >= 4 is 34.0 Å². The number of nitrogens with zero attached hydrogens (tertiary/aromatic N) is 3. The van der Waals surface area contributed by atoms with Crippen molar-refractivity contribution in [2.75, 3.05) is 12.4 Å². The van der Waals surface area contributed by atoms with Crippen LogP contribution in [-0.4, -0.2) is 27.6 Å². The van der Waals surface area contributed by atoms with Gasteiger partial charge in [0, 0.05) is 17.4 Å².